The van der Waals surface area contributed by atoms with Crippen molar-refractivity contribution in [2.45, 2.75) is 57.1 Å². The predicted molar refractivity (Wildman–Crippen MR) is 99.5 cm³/mol. The Morgan fingerprint density at radius 3 is 2.50 bits per heavy atom. The Hall–Kier alpha value is -2.29. The Morgan fingerprint density at radius 1 is 1.14 bits per heavy atom. The molecule has 2 aromatic heterocycles. The average molecular weight is 390 g/mol. The van der Waals surface area contributed by atoms with Gasteiger partial charge in [0.05, 0.1) is 5.60 Å². The van der Waals surface area contributed by atoms with Gasteiger partial charge < -0.3 is 15.7 Å². The van der Waals surface area contributed by atoms with E-state index in [1.807, 2.05) is 6.92 Å². The second kappa shape index (κ2) is 6.37. The zero-order valence-corrected chi connectivity index (χ0v) is 15.6. The standard InChI is InChI=1S/C19H24F2N6O/c1-9-2-15(27-26-9)23-14-5-13(17(20)21)22-18(24-14)25-16-11-3-10-4-12(16)8-19(28,6-10)7-11/h2,5,10-12,16-17,28H,3-4,6-8H2,1H3,(H3,22,23,24,25,26,27). The summed E-state index contributed by atoms with van der Waals surface area (Å²) in [5, 5.41) is 23.9. The maximum atomic E-state index is 13.4. The minimum atomic E-state index is -2.69. The molecular weight excluding hydrogens is 366 g/mol. The molecule has 0 spiro atoms. The summed E-state index contributed by atoms with van der Waals surface area (Å²) in [4.78, 5) is 8.45. The number of halogens is 2. The van der Waals surface area contributed by atoms with Gasteiger partial charge in [-0.05, 0) is 56.8 Å². The number of anilines is 3. The van der Waals surface area contributed by atoms with Crippen LogP contribution < -0.4 is 10.6 Å². The number of hydrogen-bond donors (Lipinski definition) is 4. The van der Waals surface area contributed by atoms with Gasteiger partial charge in [-0.15, -0.1) is 0 Å². The number of aliphatic hydroxyl groups is 1. The molecule has 4 fully saturated rings. The molecule has 4 N–H and O–H groups in total. The minimum Gasteiger partial charge on any atom is -0.390 e. The molecule has 0 aromatic carbocycles. The number of aromatic amines is 1. The Labute approximate surface area is 161 Å². The average Bonchev–Trinajstić information content (AvgIpc) is 3.01. The molecule has 150 valence electrons. The number of rotatable bonds is 5. The number of H-pyrrole nitrogens is 1. The van der Waals surface area contributed by atoms with E-state index in [4.69, 9.17) is 0 Å². The van der Waals surface area contributed by atoms with E-state index in [9.17, 15) is 13.9 Å². The largest absolute Gasteiger partial charge is 0.390 e. The van der Waals surface area contributed by atoms with E-state index in [2.05, 4.69) is 30.8 Å². The van der Waals surface area contributed by atoms with Gasteiger partial charge in [0.25, 0.3) is 6.43 Å². The zero-order valence-electron chi connectivity index (χ0n) is 15.6. The van der Waals surface area contributed by atoms with Gasteiger partial charge in [0.15, 0.2) is 5.82 Å². The van der Waals surface area contributed by atoms with Crippen LogP contribution in [0.1, 0.15) is 49.9 Å². The summed E-state index contributed by atoms with van der Waals surface area (Å²) in [6, 6.07) is 3.14. The summed E-state index contributed by atoms with van der Waals surface area (Å²) >= 11 is 0. The molecule has 4 bridgehead atoms. The fourth-order valence-electron chi connectivity index (χ4n) is 5.69. The first-order valence-electron chi connectivity index (χ1n) is 9.82. The molecule has 0 amide bonds. The molecule has 4 saturated carbocycles. The topological polar surface area (TPSA) is 98.8 Å². The van der Waals surface area contributed by atoms with E-state index in [-0.39, 0.29) is 23.5 Å². The van der Waals surface area contributed by atoms with Crippen molar-refractivity contribution in [2.24, 2.45) is 17.8 Å². The first-order chi connectivity index (χ1) is 13.4. The molecule has 6 rings (SSSR count). The molecule has 2 aromatic rings. The number of alkyl halides is 2. The molecule has 0 radical (unpaired) electrons. The lowest BCUT2D eigenvalue weighted by atomic mass is 9.52. The molecule has 4 aliphatic carbocycles. The number of nitrogens with zero attached hydrogens (tertiary/aromatic N) is 3. The summed E-state index contributed by atoms with van der Waals surface area (Å²) in [6.07, 6.45) is 1.89. The van der Waals surface area contributed by atoms with Crippen molar-refractivity contribution in [2.75, 3.05) is 10.6 Å². The van der Waals surface area contributed by atoms with Crippen molar-refractivity contribution in [1.82, 2.24) is 20.2 Å². The Morgan fingerprint density at radius 2 is 1.89 bits per heavy atom. The fourth-order valence-corrected chi connectivity index (χ4v) is 5.69. The second-order valence-corrected chi connectivity index (χ2v) is 8.73. The van der Waals surface area contributed by atoms with E-state index in [1.165, 1.54) is 6.07 Å². The third kappa shape index (κ3) is 3.21. The van der Waals surface area contributed by atoms with E-state index in [0.29, 0.717) is 23.6 Å². The quantitative estimate of drug-likeness (QED) is 0.623. The molecule has 28 heavy (non-hydrogen) atoms. The highest BCUT2D eigenvalue weighted by molar-refractivity contribution is 5.54. The van der Waals surface area contributed by atoms with Crippen LogP contribution in [0, 0.1) is 24.7 Å². The van der Waals surface area contributed by atoms with E-state index in [0.717, 1.165) is 37.8 Å². The molecule has 4 aliphatic rings. The molecule has 2 unspecified atom stereocenters. The summed E-state index contributed by atoms with van der Waals surface area (Å²) < 4.78 is 26.8. The van der Waals surface area contributed by atoms with E-state index < -0.39 is 12.0 Å². The smallest absolute Gasteiger partial charge is 0.280 e. The molecular formula is C19H24F2N6O. The number of aryl methyl sites for hydroxylation is 1. The van der Waals surface area contributed by atoms with Gasteiger partial charge in [-0.1, -0.05) is 0 Å². The Bertz CT molecular complexity index is 871. The predicted octanol–water partition coefficient (Wildman–Crippen LogP) is 3.54. The minimum absolute atomic E-state index is 0.116. The first kappa shape index (κ1) is 17.8. The number of hydrogen-bond acceptors (Lipinski definition) is 6. The van der Waals surface area contributed by atoms with Crippen LogP contribution in [0.3, 0.4) is 0 Å². The van der Waals surface area contributed by atoms with Crippen LogP contribution in [0.5, 0.6) is 0 Å². The van der Waals surface area contributed by atoms with Crippen LogP contribution in [0.4, 0.5) is 26.4 Å². The van der Waals surface area contributed by atoms with Crippen LogP contribution >= 0.6 is 0 Å². The van der Waals surface area contributed by atoms with Gasteiger partial charge in [0, 0.05) is 23.9 Å². The number of nitrogens with one attached hydrogen (secondary N) is 3. The SMILES string of the molecule is Cc1cc(Nc2cc(C(F)F)nc(NC3C4CC5CC3CC(O)(C5)C4)n2)n[nH]1. The van der Waals surface area contributed by atoms with Gasteiger partial charge in [-0.2, -0.15) is 10.1 Å². The van der Waals surface area contributed by atoms with Crippen molar-refractivity contribution < 1.29 is 13.9 Å². The van der Waals surface area contributed by atoms with Crippen molar-refractivity contribution in [3.63, 3.8) is 0 Å². The maximum absolute atomic E-state index is 13.4. The Kier molecular flexibility index (Phi) is 4.04. The summed E-state index contributed by atoms with van der Waals surface area (Å²) in [7, 11) is 0. The van der Waals surface area contributed by atoms with Crippen molar-refractivity contribution in [3.05, 3.63) is 23.5 Å². The first-order valence-corrected chi connectivity index (χ1v) is 9.82. The highest BCUT2D eigenvalue weighted by atomic mass is 19.3. The monoisotopic (exact) mass is 390 g/mol. The van der Waals surface area contributed by atoms with E-state index >= 15 is 0 Å². The summed E-state index contributed by atoms with van der Waals surface area (Å²) in [5.41, 5.74) is -0.00421. The molecule has 2 heterocycles. The van der Waals surface area contributed by atoms with Crippen molar-refractivity contribution >= 4 is 17.6 Å². The van der Waals surface area contributed by atoms with Crippen LogP contribution in [-0.2, 0) is 0 Å². The lowest BCUT2D eigenvalue weighted by Gasteiger charge is -2.58. The van der Waals surface area contributed by atoms with E-state index in [1.54, 1.807) is 6.07 Å². The van der Waals surface area contributed by atoms with Gasteiger partial charge >= 0.3 is 0 Å². The van der Waals surface area contributed by atoms with Crippen molar-refractivity contribution in [3.8, 4) is 0 Å². The Balaban J connectivity index is 1.40. The van der Waals surface area contributed by atoms with Crippen LogP contribution in [-0.4, -0.2) is 36.9 Å². The normalized spacial score (nSPS) is 33.5. The molecule has 0 aliphatic heterocycles. The van der Waals surface area contributed by atoms with Gasteiger partial charge in [-0.3, -0.25) is 5.10 Å². The molecule has 7 nitrogen and oxygen atoms in total. The number of aromatic nitrogens is 4. The van der Waals surface area contributed by atoms with Crippen molar-refractivity contribution in [1.29, 1.82) is 0 Å². The van der Waals surface area contributed by atoms with Gasteiger partial charge in [0.2, 0.25) is 5.95 Å². The second-order valence-electron chi connectivity index (χ2n) is 8.73. The molecule has 0 saturated heterocycles. The maximum Gasteiger partial charge on any atom is 0.280 e. The van der Waals surface area contributed by atoms with Crippen LogP contribution in [0.15, 0.2) is 12.1 Å². The fraction of sp³-hybridized carbons (Fsp3) is 0.632. The highest BCUT2D eigenvalue weighted by Gasteiger charge is 2.54. The summed E-state index contributed by atoms with van der Waals surface area (Å²) in [5.74, 6) is 2.24. The zero-order chi connectivity index (χ0) is 19.5. The van der Waals surface area contributed by atoms with Gasteiger partial charge in [0.1, 0.15) is 11.5 Å². The lowest BCUT2D eigenvalue weighted by Crippen LogP contribution is -2.59. The van der Waals surface area contributed by atoms with Crippen LogP contribution in [0.25, 0.3) is 0 Å². The molecule has 2 atom stereocenters. The third-order valence-corrected chi connectivity index (χ3v) is 6.47. The lowest BCUT2D eigenvalue weighted by molar-refractivity contribution is -0.129. The highest BCUT2D eigenvalue weighted by Crippen LogP contribution is 2.56. The molecule has 9 heteroatoms. The summed E-state index contributed by atoms with van der Waals surface area (Å²) in [6.45, 7) is 1.86. The van der Waals surface area contributed by atoms with Gasteiger partial charge in [-0.25, -0.2) is 13.8 Å². The van der Waals surface area contributed by atoms with Crippen LogP contribution in [0.2, 0.25) is 0 Å². The third-order valence-electron chi connectivity index (χ3n) is 6.47.